The zero-order chi connectivity index (χ0) is 17.7. The van der Waals surface area contributed by atoms with Crippen LogP contribution in [-0.2, 0) is 22.6 Å². The standard InChI is InChI=1S/C21H26N2O3/c1-4-12-23-18(5-1)15-24-19-8-6-17(7-9-19)13-22-14-20-16-25-21(26-20)10-2-3-11-21/h1,4-9,12,20,22H,2-3,10-11,13-16H2/t20-/m0/s1. The third-order valence-electron chi connectivity index (χ3n) is 5.02. The van der Waals surface area contributed by atoms with E-state index in [9.17, 15) is 0 Å². The summed E-state index contributed by atoms with van der Waals surface area (Å²) in [6.45, 7) is 2.82. The van der Waals surface area contributed by atoms with Gasteiger partial charge in [0.1, 0.15) is 12.4 Å². The maximum absolute atomic E-state index is 6.13. The highest BCUT2D eigenvalue weighted by Crippen LogP contribution is 2.38. The van der Waals surface area contributed by atoms with Gasteiger partial charge in [-0.3, -0.25) is 4.98 Å². The Bertz CT molecular complexity index is 684. The van der Waals surface area contributed by atoms with Gasteiger partial charge in [0, 0.05) is 32.1 Å². The van der Waals surface area contributed by atoms with Crippen molar-refractivity contribution in [1.29, 1.82) is 0 Å². The molecule has 0 amide bonds. The topological polar surface area (TPSA) is 52.6 Å². The van der Waals surface area contributed by atoms with Crippen LogP contribution >= 0.6 is 0 Å². The predicted molar refractivity (Wildman–Crippen MR) is 98.7 cm³/mol. The van der Waals surface area contributed by atoms with Crippen molar-refractivity contribution in [3.63, 3.8) is 0 Å². The summed E-state index contributed by atoms with van der Waals surface area (Å²) < 4.78 is 17.8. The third-order valence-corrected chi connectivity index (χ3v) is 5.02. The van der Waals surface area contributed by atoms with Crippen LogP contribution in [0.1, 0.15) is 36.9 Å². The number of pyridine rings is 1. The number of aromatic nitrogens is 1. The number of benzene rings is 1. The van der Waals surface area contributed by atoms with Crippen molar-refractivity contribution in [3.05, 3.63) is 59.9 Å². The van der Waals surface area contributed by atoms with E-state index in [0.29, 0.717) is 13.2 Å². The minimum atomic E-state index is -0.265. The summed E-state index contributed by atoms with van der Waals surface area (Å²) in [5.74, 6) is 0.592. The molecule has 4 rings (SSSR count). The van der Waals surface area contributed by atoms with Gasteiger partial charge in [0.2, 0.25) is 0 Å². The zero-order valence-corrected chi connectivity index (χ0v) is 15.0. The van der Waals surface area contributed by atoms with Crippen molar-refractivity contribution in [2.45, 2.75) is 50.7 Å². The van der Waals surface area contributed by atoms with E-state index in [1.54, 1.807) is 6.20 Å². The lowest BCUT2D eigenvalue weighted by molar-refractivity contribution is -0.161. The highest BCUT2D eigenvalue weighted by atomic mass is 16.7. The number of nitrogens with zero attached hydrogens (tertiary/aromatic N) is 1. The fourth-order valence-corrected chi connectivity index (χ4v) is 3.61. The Kier molecular flexibility index (Phi) is 5.48. The molecule has 1 saturated carbocycles. The SMILES string of the molecule is c1ccc(COc2ccc(CNC[C@H]3COC4(CCCC4)O3)cc2)nc1. The van der Waals surface area contributed by atoms with Gasteiger partial charge in [-0.2, -0.15) is 0 Å². The normalized spacial score (nSPS) is 21.3. The zero-order valence-electron chi connectivity index (χ0n) is 15.0. The first-order valence-corrected chi connectivity index (χ1v) is 9.46. The highest BCUT2D eigenvalue weighted by Gasteiger charge is 2.43. The molecule has 0 radical (unpaired) electrons. The molecule has 5 nitrogen and oxygen atoms in total. The second kappa shape index (κ2) is 8.16. The predicted octanol–water partition coefficient (Wildman–Crippen LogP) is 3.44. The van der Waals surface area contributed by atoms with Gasteiger partial charge in [-0.15, -0.1) is 0 Å². The van der Waals surface area contributed by atoms with Crippen molar-refractivity contribution < 1.29 is 14.2 Å². The molecule has 1 aromatic carbocycles. The Morgan fingerprint density at radius 1 is 1.12 bits per heavy atom. The molecule has 5 heteroatoms. The first-order chi connectivity index (χ1) is 12.8. The molecular weight excluding hydrogens is 328 g/mol. The Morgan fingerprint density at radius 2 is 1.96 bits per heavy atom. The Hall–Kier alpha value is -1.95. The largest absolute Gasteiger partial charge is 0.487 e. The average Bonchev–Trinajstić information content (AvgIpc) is 3.32. The number of ether oxygens (including phenoxy) is 3. The fourth-order valence-electron chi connectivity index (χ4n) is 3.61. The monoisotopic (exact) mass is 354 g/mol. The molecule has 1 aromatic heterocycles. The number of hydrogen-bond acceptors (Lipinski definition) is 5. The van der Waals surface area contributed by atoms with Crippen LogP contribution in [0.4, 0.5) is 0 Å². The van der Waals surface area contributed by atoms with Crippen molar-refractivity contribution in [2.24, 2.45) is 0 Å². The molecule has 0 bridgehead atoms. The molecule has 1 aliphatic carbocycles. The second-order valence-electron chi connectivity index (χ2n) is 7.05. The molecule has 1 N–H and O–H groups in total. The molecule has 2 heterocycles. The minimum absolute atomic E-state index is 0.161. The summed E-state index contributed by atoms with van der Waals surface area (Å²) >= 11 is 0. The summed E-state index contributed by atoms with van der Waals surface area (Å²) in [4.78, 5) is 4.26. The molecule has 1 spiro atoms. The van der Waals surface area contributed by atoms with Crippen LogP contribution in [0.25, 0.3) is 0 Å². The smallest absolute Gasteiger partial charge is 0.168 e. The Morgan fingerprint density at radius 3 is 2.73 bits per heavy atom. The van der Waals surface area contributed by atoms with Crippen LogP contribution in [0.2, 0.25) is 0 Å². The summed E-state index contributed by atoms with van der Waals surface area (Å²) in [6, 6.07) is 14.0. The van der Waals surface area contributed by atoms with Gasteiger partial charge in [-0.1, -0.05) is 18.2 Å². The van der Waals surface area contributed by atoms with Crippen LogP contribution in [0, 0.1) is 0 Å². The summed E-state index contributed by atoms with van der Waals surface area (Å²) in [7, 11) is 0. The van der Waals surface area contributed by atoms with Gasteiger partial charge < -0.3 is 19.5 Å². The number of hydrogen-bond donors (Lipinski definition) is 1. The average molecular weight is 354 g/mol. The quantitative estimate of drug-likeness (QED) is 0.825. The lowest BCUT2D eigenvalue weighted by Gasteiger charge is -2.22. The van der Waals surface area contributed by atoms with E-state index in [4.69, 9.17) is 14.2 Å². The fraction of sp³-hybridized carbons (Fsp3) is 0.476. The van der Waals surface area contributed by atoms with E-state index in [-0.39, 0.29) is 11.9 Å². The van der Waals surface area contributed by atoms with Gasteiger partial charge in [0.15, 0.2) is 5.79 Å². The van der Waals surface area contributed by atoms with E-state index in [0.717, 1.165) is 37.4 Å². The van der Waals surface area contributed by atoms with Crippen LogP contribution in [0.3, 0.4) is 0 Å². The van der Waals surface area contributed by atoms with Gasteiger partial charge in [0.25, 0.3) is 0 Å². The minimum Gasteiger partial charge on any atom is -0.487 e. The summed E-state index contributed by atoms with van der Waals surface area (Å²) in [5, 5.41) is 3.47. The molecule has 1 atom stereocenters. The van der Waals surface area contributed by atoms with Gasteiger partial charge in [-0.05, 0) is 42.7 Å². The van der Waals surface area contributed by atoms with Crippen LogP contribution in [0.5, 0.6) is 5.75 Å². The van der Waals surface area contributed by atoms with E-state index in [1.807, 2.05) is 30.3 Å². The first-order valence-electron chi connectivity index (χ1n) is 9.46. The number of nitrogens with one attached hydrogen (secondary N) is 1. The van der Waals surface area contributed by atoms with Crippen molar-refractivity contribution in [3.8, 4) is 5.75 Å². The van der Waals surface area contributed by atoms with E-state index >= 15 is 0 Å². The molecule has 2 aliphatic rings. The Labute approximate surface area is 154 Å². The summed E-state index contributed by atoms with van der Waals surface area (Å²) in [5.41, 5.74) is 2.15. The highest BCUT2D eigenvalue weighted by molar-refractivity contribution is 5.27. The van der Waals surface area contributed by atoms with Gasteiger partial charge >= 0.3 is 0 Å². The lowest BCUT2D eigenvalue weighted by atomic mass is 10.2. The van der Waals surface area contributed by atoms with Crippen LogP contribution in [-0.4, -0.2) is 30.0 Å². The molecular formula is C21H26N2O3. The van der Waals surface area contributed by atoms with Crippen LogP contribution < -0.4 is 10.1 Å². The maximum Gasteiger partial charge on any atom is 0.168 e. The first kappa shape index (κ1) is 17.5. The number of rotatable bonds is 7. The lowest BCUT2D eigenvalue weighted by Crippen LogP contribution is -2.31. The molecule has 26 heavy (non-hydrogen) atoms. The molecule has 1 aliphatic heterocycles. The van der Waals surface area contributed by atoms with E-state index in [2.05, 4.69) is 22.4 Å². The molecule has 2 aromatic rings. The van der Waals surface area contributed by atoms with Gasteiger partial charge in [-0.25, -0.2) is 0 Å². The van der Waals surface area contributed by atoms with E-state index < -0.39 is 0 Å². The molecule has 2 fully saturated rings. The van der Waals surface area contributed by atoms with Crippen molar-refractivity contribution in [1.82, 2.24) is 10.3 Å². The second-order valence-corrected chi connectivity index (χ2v) is 7.05. The van der Waals surface area contributed by atoms with E-state index in [1.165, 1.54) is 18.4 Å². The Balaban J connectivity index is 1.18. The van der Waals surface area contributed by atoms with Crippen molar-refractivity contribution >= 4 is 0 Å². The van der Waals surface area contributed by atoms with Crippen LogP contribution in [0.15, 0.2) is 48.7 Å². The van der Waals surface area contributed by atoms with Crippen molar-refractivity contribution in [2.75, 3.05) is 13.2 Å². The molecule has 0 unspecified atom stereocenters. The molecule has 138 valence electrons. The summed E-state index contributed by atoms with van der Waals surface area (Å²) in [6.07, 6.45) is 6.46. The third kappa shape index (κ3) is 4.41. The van der Waals surface area contributed by atoms with Gasteiger partial charge in [0.05, 0.1) is 18.4 Å². The molecule has 1 saturated heterocycles. The maximum atomic E-state index is 6.13.